The van der Waals surface area contributed by atoms with Gasteiger partial charge in [0.15, 0.2) is 11.5 Å². The number of anilines is 1. The van der Waals surface area contributed by atoms with Crippen molar-refractivity contribution in [2.24, 2.45) is 0 Å². The molecule has 4 aromatic rings. The van der Waals surface area contributed by atoms with Gasteiger partial charge in [-0.25, -0.2) is 0 Å². The predicted molar refractivity (Wildman–Crippen MR) is 165 cm³/mol. The Morgan fingerprint density at radius 3 is 2.27 bits per heavy atom. The van der Waals surface area contributed by atoms with E-state index in [0.717, 1.165) is 54.9 Å². The van der Waals surface area contributed by atoms with Crippen LogP contribution in [0.2, 0.25) is 0 Å². The zero-order valence-electron chi connectivity index (χ0n) is 24.3. The minimum Gasteiger partial charge on any atom is -0.491 e. The second-order valence-electron chi connectivity index (χ2n) is 12.0. The molecular weight excluding hydrogens is 554 g/mol. The largest absolute Gasteiger partial charge is 0.491 e. The number of nitrogens with zero attached hydrogens (tertiary/aromatic N) is 2. The van der Waals surface area contributed by atoms with Crippen LogP contribution < -0.4 is 24.4 Å². The van der Waals surface area contributed by atoms with E-state index in [2.05, 4.69) is 34.5 Å². The number of hydrogen-bond acceptors (Lipinski definition) is 6. The standard InChI is InChI=1S/C36H33N3O5/c40-34(37-27-14-16-38(17-15-27)20-24-6-2-1-3-7-24)26-12-10-25(11-13-26)21-39-30-9-5-4-8-28(30)36(35(39)41)22-42-31-19-33-32(18-29(31)36)43-23-44-33/h1-13,18-19,27H,14-17,20-23H2,(H,37,40). The fourth-order valence-electron chi connectivity index (χ4n) is 7.01. The number of hydrogen-bond donors (Lipinski definition) is 1. The summed E-state index contributed by atoms with van der Waals surface area (Å²) in [5, 5.41) is 3.23. The SMILES string of the molecule is O=C(NC1CCN(Cc2ccccc2)CC1)c1ccc(CN2C(=O)C3(COc4cc5c(cc43)OCO5)c3ccccc32)cc1. The molecule has 4 heterocycles. The van der Waals surface area contributed by atoms with Gasteiger partial charge in [-0.2, -0.15) is 0 Å². The van der Waals surface area contributed by atoms with E-state index < -0.39 is 5.41 Å². The summed E-state index contributed by atoms with van der Waals surface area (Å²) in [7, 11) is 0. The van der Waals surface area contributed by atoms with Crippen molar-refractivity contribution >= 4 is 17.5 Å². The quantitative estimate of drug-likeness (QED) is 0.341. The molecule has 1 spiro atoms. The lowest BCUT2D eigenvalue weighted by molar-refractivity contribution is -0.122. The zero-order chi connectivity index (χ0) is 29.7. The monoisotopic (exact) mass is 587 g/mol. The highest BCUT2D eigenvalue weighted by atomic mass is 16.7. The summed E-state index contributed by atoms with van der Waals surface area (Å²) in [4.78, 5) is 31.7. The first-order valence-corrected chi connectivity index (χ1v) is 15.2. The van der Waals surface area contributed by atoms with Crippen LogP contribution in [0.25, 0.3) is 0 Å². The van der Waals surface area contributed by atoms with Gasteiger partial charge in [-0.3, -0.25) is 14.5 Å². The Morgan fingerprint density at radius 2 is 1.48 bits per heavy atom. The third kappa shape index (κ3) is 4.48. The Bertz CT molecular complexity index is 1730. The molecule has 44 heavy (non-hydrogen) atoms. The lowest BCUT2D eigenvalue weighted by atomic mass is 9.77. The number of carbonyl (C=O) groups is 2. The Balaban J connectivity index is 0.946. The van der Waals surface area contributed by atoms with Crippen LogP contribution in [-0.2, 0) is 23.3 Å². The molecule has 8 nitrogen and oxygen atoms in total. The molecule has 0 bridgehead atoms. The van der Waals surface area contributed by atoms with E-state index in [4.69, 9.17) is 14.2 Å². The number of carbonyl (C=O) groups excluding carboxylic acids is 2. The number of amides is 2. The van der Waals surface area contributed by atoms with Gasteiger partial charge in [0.25, 0.3) is 5.91 Å². The van der Waals surface area contributed by atoms with Gasteiger partial charge in [0.05, 0.1) is 6.54 Å². The number of piperidine rings is 1. The van der Waals surface area contributed by atoms with Crippen molar-refractivity contribution in [3.8, 4) is 17.2 Å². The minimum absolute atomic E-state index is 0.0308. The van der Waals surface area contributed by atoms with Crippen molar-refractivity contribution in [3.05, 3.63) is 119 Å². The van der Waals surface area contributed by atoms with Gasteiger partial charge in [-0.05, 0) is 53.8 Å². The van der Waals surface area contributed by atoms with Crippen LogP contribution in [0.5, 0.6) is 17.2 Å². The molecule has 4 aliphatic rings. The van der Waals surface area contributed by atoms with Gasteiger partial charge >= 0.3 is 0 Å². The number of fused-ring (bicyclic) bond motifs is 5. The first-order chi connectivity index (χ1) is 21.6. The predicted octanol–water partition coefficient (Wildman–Crippen LogP) is 5.04. The molecule has 0 saturated carbocycles. The fraction of sp³-hybridized carbons (Fsp3) is 0.278. The summed E-state index contributed by atoms with van der Waals surface area (Å²) in [6.07, 6.45) is 1.87. The lowest BCUT2D eigenvalue weighted by Gasteiger charge is -2.32. The molecule has 8 heteroatoms. The molecule has 1 unspecified atom stereocenters. The summed E-state index contributed by atoms with van der Waals surface area (Å²) in [6, 6.07) is 29.9. The van der Waals surface area contributed by atoms with E-state index in [0.29, 0.717) is 29.4 Å². The third-order valence-corrected chi connectivity index (χ3v) is 9.37. The number of para-hydroxylation sites is 1. The van der Waals surface area contributed by atoms with Crippen molar-refractivity contribution in [2.45, 2.75) is 37.4 Å². The van der Waals surface area contributed by atoms with Crippen molar-refractivity contribution in [1.29, 1.82) is 0 Å². The Hall–Kier alpha value is -4.82. The minimum atomic E-state index is -0.941. The van der Waals surface area contributed by atoms with E-state index >= 15 is 0 Å². The summed E-state index contributed by atoms with van der Waals surface area (Å²) < 4.78 is 17.3. The van der Waals surface area contributed by atoms with Crippen LogP contribution in [0.3, 0.4) is 0 Å². The molecule has 0 radical (unpaired) electrons. The summed E-state index contributed by atoms with van der Waals surface area (Å²) in [6.45, 7) is 3.64. The first kappa shape index (κ1) is 26.8. The van der Waals surface area contributed by atoms with E-state index in [1.165, 1.54) is 5.56 Å². The second kappa shape index (κ2) is 10.7. The van der Waals surface area contributed by atoms with Gasteiger partial charge in [0, 0.05) is 48.6 Å². The van der Waals surface area contributed by atoms with E-state index in [1.807, 2.05) is 71.6 Å². The molecule has 2 amide bonds. The molecule has 222 valence electrons. The lowest BCUT2D eigenvalue weighted by Crippen LogP contribution is -2.44. The maximum atomic E-state index is 14.3. The highest BCUT2D eigenvalue weighted by Gasteiger charge is 2.57. The van der Waals surface area contributed by atoms with Crippen LogP contribution in [0.1, 0.15) is 45.5 Å². The van der Waals surface area contributed by atoms with Crippen LogP contribution in [0.4, 0.5) is 5.69 Å². The van der Waals surface area contributed by atoms with Gasteiger partial charge in [0.1, 0.15) is 17.8 Å². The van der Waals surface area contributed by atoms with Gasteiger partial charge in [0.2, 0.25) is 12.7 Å². The van der Waals surface area contributed by atoms with Gasteiger partial charge in [-0.15, -0.1) is 0 Å². The normalized spacial score (nSPS) is 20.5. The molecular formula is C36H33N3O5. The van der Waals surface area contributed by atoms with Crippen molar-refractivity contribution in [3.63, 3.8) is 0 Å². The number of rotatable bonds is 6. The maximum absolute atomic E-state index is 14.3. The second-order valence-corrected chi connectivity index (χ2v) is 12.0. The Morgan fingerprint density at radius 1 is 0.773 bits per heavy atom. The summed E-state index contributed by atoms with van der Waals surface area (Å²) in [5.41, 5.74) is 4.54. The fourth-order valence-corrected chi connectivity index (χ4v) is 7.01. The molecule has 8 rings (SSSR count). The number of benzene rings is 4. The van der Waals surface area contributed by atoms with Crippen LogP contribution in [0.15, 0.2) is 91.0 Å². The van der Waals surface area contributed by atoms with Crippen molar-refractivity contribution in [2.75, 3.05) is 31.4 Å². The third-order valence-electron chi connectivity index (χ3n) is 9.37. The van der Waals surface area contributed by atoms with Crippen LogP contribution in [0, 0.1) is 0 Å². The van der Waals surface area contributed by atoms with Crippen LogP contribution >= 0.6 is 0 Å². The van der Waals surface area contributed by atoms with Crippen LogP contribution in [-0.4, -0.2) is 49.2 Å². The molecule has 1 fully saturated rings. The van der Waals surface area contributed by atoms with Gasteiger partial charge in [-0.1, -0.05) is 60.7 Å². The van der Waals surface area contributed by atoms with E-state index in [9.17, 15) is 9.59 Å². The molecule has 4 aliphatic heterocycles. The average Bonchev–Trinajstić information content (AvgIpc) is 3.74. The molecule has 1 saturated heterocycles. The highest BCUT2D eigenvalue weighted by Crippen LogP contribution is 2.55. The first-order valence-electron chi connectivity index (χ1n) is 15.2. The molecule has 0 aromatic heterocycles. The van der Waals surface area contributed by atoms with Gasteiger partial charge < -0.3 is 24.4 Å². The van der Waals surface area contributed by atoms with E-state index in [-0.39, 0.29) is 31.3 Å². The smallest absolute Gasteiger partial charge is 0.251 e. The maximum Gasteiger partial charge on any atom is 0.251 e. The van der Waals surface area contributed by atoms with Crippen molar-refractivity contribution < 1.29 is 23.8 Å². The molecule has 1 N–H and O–H groups in total. The topological polar surface area (TPSA) is 80.3 Å². The molecule has 4 aromatic carbocycles. The molecule has 0 aliphatic carbocycles. The molecule has 1 atom stereocenters. The number of nitrogens with one attached hydrogen (secondary N) is 1. The summed E-state index contributed by atoms with van der Waals surface area (Å²) in [5.74, 6) is 1.82. The number of ether oxygens (including phenoxy) is 3. The Kier molecular flexibility index (Phi) is 6.52. The van der Waals surface area contributed by atoms with Crippen molar-refractivity contribution in [1.82, 2.24) is 10.2 Å². The highest BCUT2D eigenvalue weighted by molar-refractivity contribution is 6.11. The number of likely N-dealkylation sites (tertiary alicyclic amines) is 1. The Labute approximate surface area is 256 Å². The zero-order valence-corrected chi connectivity index (χ0v) is 24.3. The summed E-state index contributed by atoms with van der Waals surface area (Å²) >= 11 is 0. The average molecular weight is 588 g/mol. The van der Waals surface area contributed by atoms with E-state index in [1.54, 1.807) is 0 Å².